The molecule has 0 atom stereocenters. The molecule has 3 aromatic rings. The van der Waals surface area contributed by atoms with E-state index in [4.69, 9.17) is 9.15 Å². The number of rotatable bonds is 7. The highest BCUT2D eigenvalue weighted by atomic mass is 16.5. The van der Waals surface area contributed by atoms with E-state index in [2.05, 4.69) is 12.2 Å². The number of amides is 1. The molecule has 0 saturated heterocycles. The van der Waals surface area contributed by atoms with Gasteiger partial charge < -0.3 is 14.5 Å². The first-order valence-corrected chi connectivity index (χ1v) is 8.61. The molecule has 0 spiro atoms. The number of benzene rings is 2. The van der Waals surface area contributed by atoms with Gasteiger partial charge in [-0.05, 0) is 42.7 Å². The minimum Gasteiger partial charge on any atom is -0.494 e. The lowest BCUT2D eigenvalue weighted by Crippen LogP contribution is -2.24. The van der Waals surface area contributed by atoms with E-state index in [-0.39, 0.29) is 5.91 Å². The van der Waals surface area contributed by atoms with Gasteiger partial charge in [-0.2, -0.15) is 0 Å². The Balaban J connectivity index is 1.59. The fraction of sp³-hybridized carbons (Fsp3) is 0.286. The molecule has 1 amide bonds. The smallest absolute Gasteiger partial charge is 0.224 e. The van der Waals surface area contributed by atoms with Crippen LogP contribution in [-0.4, -0.2) is 12.5 Å². The third-order valence-corrected chi connectivity index (χ3v) is 4.02. The van der Waals surface area contributed by atoms with Crippen molar-refractivity contribution in [3.63, 3.8) is 0 Å². The van der Waals surface area contributed by atoms with Gasteiger partial charge in [-0.3, -0.25) is 4.79 Å². The van der Waals surface area contributed by atoms with E-state index in [0.29, 0.717) is 19.6 Å². The average molecular weight is 337 g/mol. The maximum Gasteiger partial charge on any atom is 0.224 e. The van der Waals surface area contributed by atoms with Crippen LogP contribution in [0.15, 0.2) is 53.1 Å². The molecule has 0 fully saturated rings. The lowest BCUT2D eigenvalue weighted by molar-refractivity contribution is -0.120. The first-order chi connectivity index (χ1) is 12.2. The number of hydrogen-bond donors (Lipinski definition) is 1. The van der Waals surface area contributed by atoms with Crippen molar-refractivity contribution in [1.82, 2.24) is 5.32 Å². The number of ether oxygens (including phenoxy) is 1. The molecule has 130 valence electrons. The van der Waals surface area contributed by atoms with Gasteiger partial charge in [0.2, 0.25) is 5.91 Å². The van der Waals surface area contributed by atoms with Crippen molar-refractivity contribution in [2.24, 2.45) is 0 Å². The highest BCUT2D eigenvalue weighted by molar-refractivity contribution is 5.87. The van der Waals surface area contributed by atoms with Crippen molar-refractivity contribution < 1.29 is 13.9 Å². The summed E-state index contributed by atoms with van der Waals surface area (Å²) in [5, 5.41) is 3.96. The number of carbonyl (C=O) groups excluding carboxylic acids is 1. The van der Waals surface area contributed by atoms with Crippen molar-refractivity contribution >= 4 is 16.9 Å². The topological polar surface area (TPSA) is 51.5 Å². The molecule has 4 heteroatoms. The predicted molar refractivity (Wildman–Crippen MR) is 98.7 cm³/mol. The van der Waals surface area contributed by atoms with E-state index in [9.17, 15) is 4.79 Å². The average Bonchev–Trinajstić information content (AvgIpc) is 3.00. The van der Waals surface area contributed by atoms with Crippen LogP contribution in [0.1, 0.15) is 30.0 Å². The third kappa shape index (κ3) is 4.41. The molecule has 0 bridgehead atoms. The number of carbonyl (C=O) groups is 1. The maximum atomic E-state index is 12.3. The van der Waals surface area contributed by atoms with E-state index in [1.54, 1.807) is 6.26 Å². The van der Waals surface area contributed by atoms with Crippen LogP contribution < -0.4 is 10.1 Å². The van der Waals surface area contributed by atoms with Crippen molar-refractivity contribution in [1.29, 1.82) is 0 Å². The highest BCUT2D eigenvalue weighted by Gasteiger charge is 2.10. The second-order valence-corrected chi connectivity index (χ2v) is 6.21. The molecule has 1 N–H and O–H groups in total. The zero-order valence-electron chi connectivity index (χ0n) is 14.7. The Kier molecular flexibility index (Phi) is 5.39. The second kappa shape index (κ2) is 7.88. The van der Waals surface area contributed by atoms with Crippen LogP contribution in [0.25, 0.3) is 11.0 Å². The van der Waals surface area contributed by atoms with E-state index in [1.807, 2.05) is 49.4 Å². The molecule has 0 saturated carbocycles. The summed E-state index contributed by atoms with van der Waals surface area (Å²) in [6.45, 7) is 5.28. The molecular formula is C21H23NO3. The van der Waals surface area contributed by atoms with Crippen LogP contribution >= 0.6 is 0 Å². The summed E-state index contributed by atoms with van der Waals surface area (Å²) in [4.78, 5) is 12.3. The van der Waals surface area contributed by atoms with Crippen LogP contribution in [0, 0.1) is 6.92 Å². The summed E-state index contributed by atoms with van der Waals surface area (Å²) in [6.07, 6.45) is 2.95. The van der Waals surface area contributed by atoms with Gasteiger partial charge in [0.15, 0.2) is 0 Å². The lowest BCUT2D eigenvalue weighted by Gasteiger charge is -2.08. The Morgan fingerprint density at radius 1 is 1.20 bits per heavy atom. The Bertz CT molecular complexity index is 866. The predicted octanol–water partition coefficient (Wildman–Crippen LogP) is 4.39. The Morgan fingerprint density at radius 3 is 2.92 bits per heavy atom. The first kappa shape index (κ1) is 17.1. The van der Waals surface area contributed by atoms with Crippen LogP contribution in [-0.2, 0) is 17.8 Å². The number of fused-ring (bicyclic) bond motifs is 1. The van der Waals surface area contributed by atoms with Gasteiger partial charge in [0, 0.05) is 17.5 Å². The maximum absolute atomic E-state index is 12.3. The molecule has 0 aliphatic rings. The van der Waals surface area contributed by atoms with Gasteiger partial charge in [0.25, 0.3) is 0 Å². The minimum atomic E-state index is -0.0249. The molecule has 25 heavy (non-hydrogen) atoms. The molecule has 4 nitrogen and oxygen atoms in total. The van der Waals surface area contributed by atoms with Crippen LogP contribution in [0.4, 0.5) is 0 Å². The molecule has 0 aliphatic carbocycles. The number of nitrogens with one attached hydrogen (secondary N) is 1. The largest absolute Gasteiger partial charge is 0.494 e. The number of hydrogen-bond acceptors (Lipinski definition) is 3. The van der Waals surface area contributed by atoms with Crippen LogP contribution in [0.2, 0.25) is 0 Å². The molecule has 0 aliphatic heterocycles. The number of aryl methyl sites for hydroxylation is 1. The van der Waals surface area contributed by atoms with Crippen molar-refractivity contribution in [3.8, 4) is 5.75 Å². The third-order valence-electron chi connectivity index (χ3n) is 4.02. The molecule has 1 aromatic heterocycles. The Hall–Kier alpha value is -2.75. The zero-order chi connectivity index (χ0) is 17.6. The molecule has 0 unspecified atom stereocenters. The Morgan fingerprint density at radius 2 is 2.08 bits per heavy atom. The van der Waals surface area contributed by atoms with Crippen molar-refractivity contribution in [2.45, 2.75) is 33.2 Å². The van der Waals surface area contributed by atoms with Gasteiger partial charge in [-0.15, -0.1) is 0 Å². The fourth-order valence-electron chi connectivity index (χ4n) is 2.73. The van der Waals surface area contributed by atoms with Gasteiger partial charge in [-0.25, -0.2) is 0 Å². The Labute approximate surface area is 147 Å². The SMILES string of the molecule is CCCOc1cccc(CNC(=O)Cc2coc3cc(C)ccc23)c1. The van der Waals surface area contributed by atoms with Gasteiger partial charge >= 0.3 is 0 Å². The fourth-order valence-corrected chi connectivity index (χ4v) is 2.73. The summed E-state index contributed by atoms with van der Waals surface area (Å²) in [5.41, 5.74) is 3.90. The molecule has 1 heterocycles. The minimum absolute atomic E-state index is 0.0249. The summed E-state index contributed by atoms with van der Waals surface area (Å²) in [6, 6.07) is 13.8. The first-order valence-electron chi connectivity index (χ1n) is 8.61. The van der Waals surface area contributed by atoms with Crippen molar-refractivity contribution in [2.75, 3.05) is 6.61 Å². The summed E-state index contributed by atoms with van der Waals surface area (Å²) >= 11 is 0. The van der Waals surface area contributed by atoms with Crippen LogP contribution in [0.5, 0.6) is 5.75 Å². The van der Waals surface area contributed by atoms with E-state index in [0.717, 1.165) is 39.8 Å². The van der Waals surface area contributed by atoms with Gasteiger partial charge in [0.1, 0.15) is 11.3 Å². The standard InChI is InChI=1S/C21H23NO3/c1-3-9-24-18-6-4-5-16(11-18)13-22-21(23)12-17-14-25-20-10-15(2)7-8-19(17)20/h4-8,10-11,14H,3,9,12-13H2,1-2H3,(H,22,23). The summed E-state index contributed by atoms with van der Waals surface area (Å²) in [7, 11) is 0. The monoisotopic (exact) mass is 337 g/mol. The van der Waals surface area contributed by atoms with E-state index >= 15 is 0 Å². The summed E-state index contributed by atoms with van der Waals surface area (Å²) < 4.78 is 11.2. The van der Waals surface area contributed by atoms with Gasteiger partial charge in [0.05, 0.1) is 19.3 Å². The lowest BCUT2D eigenvalue weighted by atomic mass is 10.1. The second-order valence-electron chi connectivity index (χ2n) is 6.21. The van der Waals surface area contributed by atoms with Crippen LogP contribution in [0.3, 0.4) is 0 Å². The zero-order valence-corrected chi connectivity index (χ0v) is 14.7. The number of furan rings is 1. The normalized spacial score (nSPS) is 10.8. The van der Waals surface area contributed by atoms with Gasteiger partial charge in [-0.1, -0.05) is 31.2 Å². The van der Waals surface area contributed by atoms with Crippen molar-refractivity contribution in [3.05, 3.63) is 65.4 Å². The quantitative estimate of drug-likeness (QED) is 0.696. The molecular weight excluding hydrogens is 314 g/mol. The molecule has 0 radical (unpaired) electrons. The molecule has 2 aromatic carbocycles. The molecule has 3 rings (SSSR count). The summed E-state index contributed by atoms with van der Waals surface area (Å²) in [5.74, 6) is 0.813. The van der Waals surface area contributed by atoms with E-state index in [1.165, 1.54) is 0 Å². The highest BCUT2D eigenvalue weighted by Crippen LogP contribution is 2.22. The van der Waals surface area contributed by atoms with E-state index < -0.39 is 0 Å².